The highest BCUT2D eigenvalue weighted by Crippen LogP contribution is 2.10. The van der Waals surface area contributed by atoms with E-state index in [4.69, 9.17) is 0 Å². The molecule has 1 amide bonds. The highest BCUT2D eigenvalue weighted by molar-refractivity contribution is 9.09. The largest absolute Gasteiger partial charge is 0.354 e. The van der Waals surface area contributed by atoms with Crippen LogP contribution in [-0.2, 0) is 4.79 Å². The molecule has 0 aromatic heterocycles. The van der Waals surface area contributed by atoms with Crippen LogP contribution in [0.4, 0.5) is 0 Å². The molecular formula is C10H19BrN2O. The number of rotatable bonds is 4. The number of likely N-dealkylation sites (tertiary alicyclic amines) is 1. The summed E-state index contributed by atoms with van der Waals surface area (Å²) in [4.78, 5) is 13.3. The molecule has 0 atom stereocenters. The SMILES string of the molecule is CC(=O)NC1CCN(CCCBr)CC1. The summed E-state index contributed by atoms with van der Waals surface area (Å²) >= 11 is 3.44. The fourth-order valence-electron chi connectivity index (χ4n) is 1.87. The number of nitrogens with zero attached hydrogens (tertiary/aromatic N) is 1. The van der Waals surface area contributed by atoms with E-state index in [1.54, 1.807) is 6.92 Å². The van der Waals surface area contributed by atoms with E-state index in [-0.39, 0.29) is 5.91 Å². The molecule has 1 heterocycles. The van der Waals surface area contributed by atoms with E-state index in [1.165, 1.54) is 13.0 Å². The Balaban J connectivity index is 2.14. The van der Waals surface area contributed by atoms with Crippen molar-refractivity contribution in [1.29, 1.82) is 0 Å². The van der Waals surface area contributed by atoms with E-state index >= 15 is 0 Å². The van der Waals surface area contributed by atoms with Gasteiger partial charge in [0.25, 0.3) is 0 Å². The van der Waals surface area contributed by atoms with Gasteiger partial charge in [0, 0.05) is 31.4 Å². The van der Waals surface area contributed by atoms with Crippen LogP contribution in [-0.4, -0.2) is 41.8 Å². The normalized spacial score (nSPS) is 19.6. The molecule has 0 unspecified atom stereocenters. The average Bonchev–Trinajstić information content (AvgIpc) is 2.16. The molecule has 1 saturated heterocycles. The van der Waals surface area contributed by atoms with Crippen molar-refractivity contribution in [1.82, 2.24) is 10.2 Å². The van der Waals surface area contributed by atoms with Crippen LogP contribution in [0, 0.1) is 0 Å². The Kier molecular flexibility index (Phi) is 5.48. The predicted molar refractivity (Wildman–Crippen MR) is 61.7 cm³/mol. The summed E-state index contributed by atoms with van der Waals surface area (Å²) in [5.74, 6) is 0.101. The molecule has 1 aliphatic rings. The number of halogens is 1. The highest BCUT2D eigenvalue weighted by atomic mass is 79.9. The van der Waals surface area contributed by atoms with Crippen molar-refractivity contribution in [3.05, 3.63) is 0 Å². The van der Waals surface area contributed by atoms with E-state index in [1.807, 2.05) is 0 Å². The summed E-state index contributed by atoms with van der Waals surface area (Å²) in [7, 11) is 0. The van der Waals surface area contributed by atoms with Crippen molar-refractivity contribution in [2.75, 3.05) is 25.0 Å². The molecule has 4 heteroatoms. The summed E-state index contributed by atoms with van der Waals surface area (Å²) < 4.78 is 0. The van der Waals surface area contributed by atoms with Crippen molar-refractivity contribution in [3.63, 3.8) is 0 Å². The minimum Gasteiger partial charge on any atom is -0.354 e. The standard InChI is InChI=1S/C10H19BrN2O/c1-9(14)12-10-3-7-13(8-4-10)6-2-5-11/h10H,2-8H2,1H3,(H,12,14). The molecule has 0 bridgehead atoms. The molecule has 1 rings (SSSR count). The number of piperidine rings is 1. The van der Waals surface area contributed by atoms with Crippen LogP contribution in [0.2, 0.25) is 0 Å². The zero-order valence-corrected chi connectivity index (χ0v) is 10.3. The van der Waals surface area contributed by atoms with Crippen molar-refractivity contribution in [2.24, 2.45) is 0 Å². The molecule has 82 valence electrons. The van der Waals surface area contributed by atoms with Crippen molar-refractivity contribution < 1.29 is 4.79 Å². The van der Waals surface area contributed by atoms with Gasteiger partial charge >= 0.3 is 0 Å². The van der Waals surface area contributed by atoms with E-state index in [0.29, 0.717) is 6.04 Å². The van der Waals surface area contributed by atoms with Crippen LogP contribution in [0.5, 0.6) is 0 Å². The Morgan fingerprint density at radius 3 is 2.64 bits per heavy atom. The lowest BCUT2D eigenvalue weighted by atomic mass is 10.1. The maximum absolute atomic E-state index is 10.8. The number of carbonyl (C=O) groups is 1. The molecule has 14 heavy (non-hydrogen) atoms. The number of carbonyl (C=O) groups excluding carboxylic acids is 1. The fourth-order valence-corrected chi connectivity index (χ4v) is 2.12. The smallest absolute Gasteiger partial charge is 0.217 e. The molecule has 1 aliphatic heterocycles. The third-order valence-electron chi connectivity index (χ3n) is 2.60. The maximum Gasteiger partial charge on any atom is 0.217 e. The van der Waals surface area contributed by atoms with Gasteiger partial charge in [0.2, 0.25) is 5.91 Å². The maximum atomic E-state index is 10.8. The van der Waals surface area contributed by atoms with Crippen LogP contribution < -0.4 is 5.32 Å². The zero-order chi connectivity index (χ0) is 10.4. The minimum absolute atomic E-state index is 0.101. The Morgan fingerprint density at radius 2 is 2.14 bits per heavy atom. The Hall–Kier alpha value is -0.0900. The molecular weight excluding hydrogens is 244 g/mol. The first-order chi connectivity index (χ1) is 6.72. The van der Waals surface area contributed by atoms with Gasteiger partial charge in [-0.25, -0.2) is 0 Å². The predicted octanol–water partition coefficient (Wildman–Crippen LogP) is 1.37. The second kappa shape index (κ2) is 6.40. The number of nitrogens with one attached hydrogen (secondary N) is 1. The van der Waals surface area contributed by atoms with Gasteiger partial charge in [-0.3, -0.25) is 4.79 Å². The molecule has 0 aromatic carbocycles. The van der Waals surface area contributed by atoms with Gasteiger partial charge in [-0.05, 0) is 25.8 Å². The Bertz CT molecular complexity index is 179. The van der Waals surface area contributed by atoms with Gasteiger partial charge in [-0.15, -0.1) is 0 Å². The minimum atomic E-state index is 0.101. The lowest BCUT2D eigenvalue weighted by molar-refractivity contribution is -0.119. The summed E-state index contributed by atoms with van der Waals surface area (Å²) in [6, 6.07) is 0.410. The molecule has 3 nitrogen and oxygen atoms in total. The number of alkyl halides is 1. The van der Waals surface area contributed by atoms with Gasteiger partial charge in [0.15, 0.2) is 0 Å². The third-order valence-corrected chi connectivity index (χ3v) is 3.16. The summed E-state index contributed by atoms with van der Waals surface area (Å²) in [5.41, 5.74) is 0. The summed E-state index contributed by atoms with van der Waals surface area (Å²) in [6.45, 7) is 5.02. The molecule has 0 saturated carbocycles. The van der Waals surface area contributed by atoms with Crippen molar-refractivity contribution in [2.45, 2.75) is 32.2 Å². The Labute approximate surface area is 94.4 Å². The van der Waals surface area contributed by atoms with Gasteiger partial charge in [0.05, 0.1) is 0 Å². The third kappa shape index (κ3) is 4.42. The van der Waals surface area contributed by atoms with Crippen LogP contribution >= 0.6 is 15.9 Å². The van der Waals surface area contributed by atoms with Gasteiger partial charge in [0.1, 0.15) is 0 Å². The first-order valence-electron chi connectivity index (χ1n) is 5.28. The lowest BCUT2D eigenvalue weighted by Gasteiger charge is -2.31. The highest BCUT2D eigenvalue weighted by Gasteiger charge is 2.18. The van der Waals surface area contributed by atoms with Crippen LogP contribution in [0.15, 0.2) is 0 Å². The van der Waals surface area contributed by atoms with Crippen LogP contribution in [0.25, 0.3) is 0 Å². The summed E-state index contributed by atoms with van der Waals surface area (Å²) in [5, 5.41) is 4.07. The van der Waals surface area contributed by atoms with Crippen molar-refractivity contribution in [3.8, 4) is 0 Å². The monoisotopic (exact) mass is 262 g/mol. The first-order valence-corrected chi connectivity index (χ1v) is 6.40. The lowest BCUT2D eigenvalue weighted by Crippen LogP contribution is -2.44. The second-order valence-electron chi connectivity index (χ2n) is 3.86. The number of hydrogen-bond acceptors (Lipinski definition) is 2. The van der Waals surface area contributed by atoms with E-state index in [9.17, 15) is 4.79 Å². The van der Waals surface area contributed by atoms with E-state index < -0.39 is 0 Å². The average molecular weight is 263 g/mol. The fraction of sp³-hybridized carbons (Fsp3) is 0.900. The molecule has 1 fully saturated rings. The zero-order valence-electron chi connectivity index (χ0n) is 8.76. The quantitative estimate of drug-likeness (QED) is 0.777. The molecule has 0 aliphatic carbocycles. The molecule has 1 N–H and O–H groups in total. The Morgan fingerprint density at radius 1 is 1.50 bits per heavy atom. The van der Waals surface area contributed by atoms with E-state index in [0.717, 1.165) is 31.3 Å². The van der Waals surface area contributed by atoms with Gasteiger partial charge in [-0.1, -0.05) is 15.9 Å². The van der Waals surface area contributed by atoms with E-state index in [2.05, 4.69) is 26.1 Å². The topological polar surface area (TPSA) is 32.3 Å². The summed E-state index contributed by atoms with van der Waals surface area (Å²) in [6.07, 6.45) is 3.41. The van der Waals surface area contributed by atoms with Gasteiger partial charge in [-0.2, -0.15) is 0 Å². The molecule has 0 aromatic rings. The number of hydrogen-bond donors (Lipinski definition) is 1. The van der Waals surface area contributed by atoms with Gasteiger partial charge < -0.3 is 10.2 Å². The molecule has 0 radical (unpaired) electrons. The molecule has 0 spiro atoms. The van der Waals surface area contributed by atoms with Crippen LogP contribution in [0.1, 0.15) is 26.2 Å². The second-order valence-corrected chi connectivity index (χ2v) is 4.65. The van der Waals surface area contributed by atoms with Crippen LogP contribution in [0.3, 0.4) is 0 Å². The van der Waals surface area contributed by atoms with Crippen molar-refractivity contribution >= 4 is 21.8 Å². The number of amides is 1. The first kappa shape index (κ1) is 12.0.